The maximum Gasteiger partial charge on any atom is 0.251 e. The lowest BCUT2D eigenvalue weighted by atomic mass is 10.1. The van der Waals surface area contributed by atoms with Crippen molar-refractivity contribution in [3.63, 3.8) is 0 Å². The zero-order valence-electron chi connectivity index (χ0n) is 21.2. The fourth-order valence-corrected chi connectivity index (χ4v) is 5.88. The molecule has 1 saturated carbocycles. The van der Waals surface area contributed by atoms with Gasteiger partial charge in [-0.25, -0.2) is 13.8 Å². The largest absolute Gasteiger partial charge is 0.489 e. The Morgan fingerprint density at radius 3 is 2.69 bits per heavy atom. The Bertz CT molecular complexity index is 1630. The second-order valence-corrected chi connectivity index (χ2v) is 11.3. The number of carbonyl (C=O) groups is 1. The van der Waals surface area contributed by atoms with E-state index in [2.05, 4.69) is 23.3 Å². The number of pyridine rings is 3. The number of amides is 1. The van der Waals surface area contributed by atoms with E-state index in [1.54, 1.807) is 12.3 Å². The molecule has 2 aliphatic rings. The summed E-state index contributed by atoms with van der Waals surface area (Å²) >= 11 is 0. The van der Waals surface area contributed by atoms with Crippen LogP contribution in [-0.4, -0.2) is 37.2 Å². The van der Waals surface area contributed by atoms with Gasteiger partial charge in [-0.2, -0.15) is 0 Å². The van der Waals surface area contributed by atoms with Crippen molar-refractivity contribution in [2.45, 2.75) is 55.5 Å². The molecular weight excluding hydrogens is 522 g/mol. The summed E-state index contributed by atoms with van der Waals surface area (Å²) in [6.45, 7) is 2.11. The first-order valence-electron chi connectivity index (χ1n) is 13.0. The fraction of sp³-hybridized carbons (Fsp3) is 0.310. The Balaban J connectivity index is 1.22. The average Bonchev–Trinajstić information content (AvgIpc) is 3.81. The van der Waals surface area contributed by atoms with Crippen LogP contribution >= 0.6 is 0 Å². The topological polar surface area (TPSA) is 94.1 Å². The fourth-order valence-electron chi connectivity index (χ4n) is 4.71. The highest BCUT2D eigenvalue weighted by molar-refractivity contribution is 7.85. The Labute approximate surface area is 226 Å². The van der Waals surface area contributed by atoms with E-state index < -0.39 is 28.0 Å². The average molecular weight is 549 g/mol. The highest BCUT2D eigenvalue weighted by atomic mass is 32.2. The van der Waals surface area contributed by atoms with Gasteiger partial charge in [-0.05, 0) is 61.2 Å². The lowest BCUT2D eigenvalue weighted by Gasteiger charge is -2.11. The Morgan fingerprint density at radius 2 is 1.90 bits per heavy atom. The maximum atomic E-state index is 14.6. The van der Waals surface area contributed by atoms with Gasteiger partial charge in [0.1, 0.15) is 0 Å². The summed E-state index contributed by atoms with van der Waals surface area (Å²) in [5.41, 5.74) is 3.52. The van der Waals surface area contributed by atoms with Crippen LogP contribution in [-0.2, 0) is 23.8 Å². The molecule has 1 aromatic carbocycles. The molecule has 7 nitrogen and oxygen atoms in total. The normalized spacial score (nSPS) is 18.7. The molecule has 39 heavy (non-hydrogen) atoms. The summed E-state index contributed by atoms with van der Waals surface area (Å²) in [6.07, 6.45) is 4.87. The minimum atomic E-state index is -2.13. The number of hydrogen-bond donors (Lipinski definition) is 1. The molecule has 0 radical (unpaired) electrons. The number of aryl methyl sites for hydroxylation is 1. The van der Waals surface area contributed by atoms with E-state index in [0.29, 0.717) is 17.1 Å². The van der Waals surface area contributed by atoms with Crippen LogP contribution < -0.4 is 10.1 Å². The van der Waals surface area contributed by atoms with E-state index in [1.807, 2.05) is 18.2 Å². The third-order valence-electron chi connectivity index (χ3n) is 6.99. The lowest BCUT2D eigenvalue weighted by Crippen LogP contribution is -2.24. The molecule has 4 aromatic rings. The summed E-state index contributed by atoms with van der Waals surface area (Å²) in [6, 6.07) is 12.0. The number of rotatable bonds is 6. The molecule has 2 unspecified atom stereocenters. The van der Waals surface area contributed by atoms with Gasteiger partial charge in [0.05, 0.1) is 51.4 Å². The van der Waals surface area contributed by atoms with Gasteiger partial charge >= 0.3 is 0 Å². The molecular formula is C29H26F2N4O3S. The third-order valence-corrected chi connectivity index (χ3v) is 8.43. The van der Waals surface area contributed by atoms with Crippen LogP contribution in [0.25, 0.3) is 22.3 Å². The van der Waals surface area contributed by atoms with Gasteiger partial charge in [-0.1, -0.05) is 13.0 Å². The molecule has 1 N–H and O–H groups in total. The molecule has 4 heterocycles. The Morgan fingerprint density at radius 1 is 1.10 bits per heavy atom. The van der Waals surface area contributed by atoms with Gasteiger partial charge in [0, 0.05) is 35.2 Å². The van der Waals surface area contributed by atoms with Crippen molar-refractivity contribution in [2.24, 2.45) is 0 Å². The van der Waals surface area contributed by atoms with Crippen molar-refractivity contribution in [2.75, 3.05) is 6.61 Å². The van der Waals surface area contributed by atoms with E-state index in [-0.39, 0.29) is 35.8 Å². The minimum absolute atomic E-state index is 0.0555. The molecule has 200 valence electrons. The van der Waals surface area contributed by atoms with Gasteiger partial charge in [-0.3, -0.25) is 19.0 Å². The monoisotopic (exact) mass is 548 g/mol. The quantitative estimate of drug-likeness (QED) is 0.348. The number of benzene rings is 1. The van der Waals surface area contributed by atoms with Crippen molar-refractivity contribution in [3.05, 3.63) is 77.0 Å². The SMILES string of the molecule is CCc1ccc(-c2ccc3cnc(CNC(=O)c4cc(F)c5c(c4)S(=O)C(F)CCO5)cc3n2)nc1C1CC1. The molecule has 1 aliphatic heterocycles. The Hall–Kier alpha value is -3.79. The summed E-state index contributed by atoms with van der Waals surface area (Å²) in [4.78, 5) is 26.8. The van der Waals surface area contributed by atoms with E-state index in [9.17, 15) is 17.8 Å². The Kier molecular flexibility index (Phi) is 6.80. The zero-order chi connectivity index (χ0) is 27.1. The summed E-state index contributed by atoms with van der Waals surface area (Å²) in [7, 11) is -2.13. The number of hydrogen-bond acceptors (Lipinski definition) is 6. The van der Waals surface area contributed by atoms with Crippen LogP contribution in [0.15, 0.2) is 53.6 Å². The van der Waals surface area contributed by atoms with Gasteiger partial charge < -0.3 is 10.1 Å². The first kappa shape index (κ1) is 25.5. The summed E-state index contributed by atoms with van der Waals surface area (Å²) in [5.74, 6) is -1.19. The molecule has 10 heteroatoms. The highest BCUT2D eigenvalue weighted by Crippen LogP contribution is 2.41. The van der Waals surface area contributed by atoms with Crippen LogP contribution in [0.4, 0.5) is 8.78 Å². The van der Waals surface area contributed by atoms with Gasteiger partial charge in [0.2, 0.25) is 0 Å². The molecule has 1 amide bonds. The van der Waals surface area contributed by atoms with Crippen molar-refractivity contribution >= 4 is 27.6 Å². The number of nitrogens with zero attached hydrogens (tertiary/aromatic N) is 3. The molecule has 0 bridgehead atoms. The molecule has 6 rings (SSSR count). The molecule has 0 spiro atoms. The second kappa shape index (κ2) is 10.4. The molecule has 1 aliphatic carbocycles. The predicted octanol–water partition coefficient (Wildman–Crippen LogP) is 5.39. The smallest absolute Gasteiger partial charge is 0.251 e. The van der Waals surface area contributed by atoms with E-state index in [4.69, 9.17) is 14.7 Å². The van der Waals surface area contributed by atoms with E-state index in [0.717, 1.165) is 29.3 Å². The van der Waals surface area contributed by atoms with Crippen LogP contribution in [0.1, 0.15) is 59.4 Å². The van der Waals surface area contributed by atoms with Crippen LogP contribution in [0.5, 0.6) is 5.75 Å². The number of nitrogens with one attached hydrogen (secondary N) is 1. The predicted molar refractivity (Wildman–Crippen MR) is 143 cm³/mol. The van der Waals surface area contributed by atoms with Crippen LogP contribution in [0.2, 0.25) is 0 Å². The third kappa shape index (κ3) is 5.13. The highest BCUT2D eigenvalue weighted by Gasteiger charge is 2.29. The van der Waals surface area contributed by atoms with Gasteiger partial charge in [-0.15, -0.1) is 0 Å². The number of carbonyl (C=O) groups excluding carboxylic acids is 1. The number of ether oxygens (including phenoxy) is 1. The zero-order valence-corrected chi connectivity index (χ0v) is 22.1. The van der Waals surface area contributed by atoms with Crippen LogP contribution in [0, 0.1) is 5.82 Å². The molecule has 3 aromatic heterocycles. The maximum absolute atomic E-state index is 14.6. The standard InChI is InChI=1S/C29H26F2N4O3S/c1-2-16-5-7-23(35-27(16)17-3-4-17)22-8-6-18-14-32-20(13-24(18)34-22)15-33-29(36)19-11-21(30)28-25(12-19)39(37)26(31)9-10-38-28/h5-8,11-14,17,26H,2-4,9-10,15H2,1H3,(H,33,36). The van der Waals surface area contributed by atoms with Crippen molar-refractivity contribution in [1.29, 1.82) is 0 Å². The molecule has 2 atom stereocenters. The molecule has 1 fully saturated rings. The van der Waals surface area contributed by atoms with Crippen LogP contribution in [0.3, 0.4) is 0 Å². The van der Waals surface area contributed by atoms with E-state index >= 15 is 0 Å². The lowest BCUT2D eigenvalue weighted by molar-refractivity contribution is 0.0949. The van der Waals surface area contributed by atoms with Crippen molar-refractivity contribution in [1.82, 2.24) is 20.3 Å². The summed E-state index contributed by atoms with van der Waals surface area (Å²) < 4.78 is 46.4. The molecule has 0 saturated heterocycles. The minimum Gasteiger partial charge on any atom is -0.489 e. The number of aromatic nitrogens is 3. The number of fused-ring (bicyclic) bond motifs is 2. The van der Waals surface area contributed by atoms with Gasteiger partial charge in [0.25, 0.3) is 5.91 Å². The van der Waals surface area contributed by atoms with E-state index in [1.165, 1.54) is 30.2 Å². The first-order chi connectivity index (χ1) is 18.9. The van der Waals surface area contributed by atoms with Gasteiger partial charge in [0.15, 0.2) is 17.1 Å². The van der Waals surface area contributed by atoms with Crippen molar-refractivity contribution < 1.29 is 22.5 Å². The number of alkyl halides is 1. The summed E-state index contributed by atoms with van der Waals surface area (Å²) in [5, 5.41) is 3.54. The van der Waals surface area contributed by atoms with Crippen molar-refractivity contribution in [3.8, 4) is 17.1 Å². The number of halogens is 2. The second-order valence-electron chi connectivity index (χ2n) is 9.75. The first-order valence-corrected chi connectivity index (χ1v) is 14.2.